The molecule has 0 spiro atoms. The molecule has 0 saturated carbocycles. The number of amides is 1. The predicted octanol–water partition coefficient (Wildman–Crippen LogP) is 2.12. The van der Waals surface area contributed by atoms with Gasteiger partial charge in [0.2, 0.25) is 0 Å². The van der Waals surface area contributed by atoms with Crippen molar-refractivity contribution in [1.29, 1.82) is 0 Å². The summed E-state index contributed by atoms with van der Waals surface area (Å²) in [6.45, 7) is 1.42. The van der Waals surface area contributed by atoms with Crippen molar-refractivity contribution in [3.8, 4) is 5.75 Å². The predicted molar refractivity (Wildman–Crippen MR) is 77.0 cm³/mol. The molecule has 1 amide bonds. The number of rotatable bonds is 4. The summed E-state index contributed by atoms with van der Waals surface area (Å²) in [7, 11) is 0. The molecule has 0 radical (unpaired) electrons. The molecular weight excluding hydrogens is 270 g/mol. The second-order valence-corrected chi connectivity index (χ2v) is 4.80. The number of phenols is 1. The summed E-state index contributed by atoms with van der Waals surface area (Å²) in [5, 5.41) is 21.4. The lowest BCUT2D eigenvalue weighted by molar-refractivity contribution is -0.144. The van der Waals surface area contributed by atoms with Crippen LogP contribution in [-0.4, -0.2) is 22.1 Å². The zero-order valence-corrected chi connectivity index (χ0v) is 11.4. The van der Waals surface area contributed by atoms with E-state index in [-0.39, 0.29) is 11.3 Å². The van der Waals surface area contributed by atoms with Crippen LogP contribution in [0.15, 0.2) is 54.6 Å². The zero-order valence-electron chi connectivity index (χ0n) is 11.4. The van der Waals surface area contributed by atoms with E-state index in [0.717, 1.165) is 0 Å². The van der Waals surface area contributed by atoms with Crippen LogP contribution >= 0.6 is 0 Å². The van der Waals surface area contributed by atoms with E-state index in [0.29, 0.717) is 5.56 Å². The number of carbonyl (C=O) groups is 2. The fourth-order valence-corrected chi connectivity index (χ4v) is 1.97. The number of benzene rings is 2. The van der Waals surface area contributed by atoms with Crippen molar-refractivity contribution >= 4 is 11.9 Å². The van der Waals surface area contributed by atoms with Crippen LogP contribution in [0.5, 0.6) is 5.75 Å². The van der Waals surface area contributed by atoms with Gasteiger partial charge in [0.25, 0.3) is 5.91 Å². The molecule has 0 aliphatic carbocycles. The number of hydrogen-bond donors (Lipinski definition) is 3. The zero-order chi connectivity index (χ0) is 15.5. The molecule has 0 aliphatic rings. The van der Waals surface area contributed by atoms with Crippen molar-refractivity contribution in [2.75, 3.05) is 0 Å². The van der Waals surface area contributed by atoms with Crippen LogP contribution in [0.4, 0.5) is 0 Å². The SMILES string of the molecule is CC(NC(=O)c1cccc(O)c1)(C(=O)O)c1ccccc1. The van der Waals surface area contributed by atoms with Gasteiger partial charge in [0, 0.05) is 5.56 Å². The lowest BCUT2D eigenvalue weighted by Crippen LogP contribution is -2.49. The summed E-state index contributed by atoms with van der Waals surface area (Å²) in [6.07, 6.45) is 0. The van der Waals surface area contributed by atoms with Crippen molar-refractivity contribution in [3.63, 3.8) is 0 Å². The molecule has 5 nitrogen and oxygen atoms in total. The van der Waals surface area contributed by atoms with E-state index in [9.17, 15) is 19.8 Å². The molecule has 1 atom stereocenters. The molecule has 0 saturated heterocycles. The Balaban J connectivity index is 2.33. The van der Waals surface area contributed by atoms with Gasteiger partial charge in [0.15, 0.2) is 5.54 Å². The normalized spacial score (nSPS) is 13.2. The van der Waals surface area contributed by atoms with Gasteiger partial charge in [-0.2, -0.15) is 0 Å². The Morgan fingerprint density at radius 1 is 1.05 bits per heavy atom. The molecule has 5 heteroatoms. The summed E-state index contributed by atoms with van der Waals surface area (Å²) >= 11 is 0. The molecule has 1 unspecified atom stereocenters. The topological polar surface area (TPSA) is 86.6 Å². The highest BCUT2D eigenvalue weighted by molar-refractivity contribution is 5.98. The Morgan fingerprint density at radius 3 is 2.29 bits per heavy atom. The minimum Gasteiger partial charge on any atom is -0.508 e. The van der Waals surface area contributed by atoms with E-state index in [1.165, 1.54) is 31.2 Å². The van der Waals surface area contributed by atoms with Gasteiger partial charge in [0.1, 0.15) is 5.75 Å². The molecule has 0 heterocycles. The van der Waals surface area contributed by atoms with Crippen molar-refractivity contribution in [2.24, 2.45) is 0 Å². The molecule has 3 N–H and O–H groups in total. The largest absolute Gasteiger partial charge is 0.508 e. The lowest BCUT2D eigenvalue weighted by atomic mass is 9.91. The molecule has 2 aromatic carbocycles. The Kier molecular flexibility index (Phi) is 3.93. The fraction of sp³-hybridized carbons (Fsp3) is 0.125. The van der Waals surface area contributed by atoms with E-state index in [1.807, 2.05) is 0 Å². The number of carbonyl (C=O) groups excluding carboxylic acids is 1. The maximum absolute atomic E-state index is 12.2. The summed E-state index contributed by atoms with van der Waals surface area (Å²) in [5.74, 6) is -1.79. The smallest absolute Gasteiger partial charge is 0.333 e. The Bertz CT molecular complexity index is 669. The second kappa shape index (κ2) is 5.66. The van der Waals surface area contributed by atoms with Crippen LogP contribution < -0.4 is 5.32 Å². The Morgan fingerprint density at radius 2 is 1.71 bits per heavy atom. The molecule has 0 fully saturated rings. The second-order valence-electron chi connectivity index (χ2n) is 4.80. The third-order valence-electron chi connectivity index (χ3n) is 3.25. The van der Waals surface area contributed by atoms with Crippen LogP contribution in [0.2, 0.25) is 0 Å². The summed E-state index contributed by atoms with van der Waals surface area (Å²) in [5.41, 5.74) is -0.895. The minimum atomic E-state index is -1.55. The first-order valence-corrected chi connectivity index (χ1v) is 6.34. The maximum atomic E-state index is 12.2. The third kappa shape index (κ3) is 3.02. The molecular formula is C16H15NO4. The van der Waals surface area contributed by atoms with Gasteiger partial charge in [0.05, 0.1) is 0 Å². The van der Waals surface area contributed by atoms with E-state index in [1.54, 1.807) is 30.3 Å². The Hall–Kier alpha value is -2.82. The van der Waals surface area contributed by atoms with Gasteiger partial charge in [-0.15, -0.1) is 0 Å². The van der Waals surface area contributed by atoms with Crippen LogP contribution in [-0.2, 0) is 10.3 Å². The molecule has 108 valence electrons. The van der Waals surface area contributed by atoms with Gasteiger partial charge >= 0.3 is 5.97 Å². The monoisotopic (exact) mass is 285 g/mol. The summed E-state index contributed by atoms with van der Waals surface area (Å²) < 4.78 is 0. The van der Waals surface area contributed by atoms with E-state index >= 15 is 0 Å². The van der Waals surface area contributed by atoms with Crippen LogP contribution in [0.3, 0.4) is 0 Å². The van der Waals surface area contributed by atoms with Crippen LogP contribution in [0.25, 0.3) is 0 Å². The quantitative estimate of drug-likeness (QED) is 0.803. The molecule has 0 aliphatic heterocycles. The van der Waals surface area contributed by atoms with Crippen LogP contribution in [0, 0.1) is 0 Å². The van der Waals surface area contributed by atoms with Gasteiger partial charge < -0.3 is 15.5 Å². The number of carboxylic acids is 1. The highest BCUT2D eigenvalue weighted by atomic mass is 16.4. The first kappa shape index (κ1) is 14.6. The molecule has 0 aromatic heterocycles. The van der Waals surface area contributed by atoms with Gasteiger partial charge in [-0.25, -0.2) is 4.79 Å². The average Bonchev–Trinajstić information content (AvgIpc) is 2.47. The molecule has 2 rings (SSSR count). The van der Waals surface area contributed by atoms with Crippen molar-refractivity contribution in [3.05, 3.63) is 65.7 Å². The number of phenolic OH excluding ortho intramolecular Hbond substituents is 1. The van der Waals surface area contributed by atoms with Gasteiger partial charge in [-0.1, -0.05) is 36.4 Å². The lowest BCUT2D eigenvalue weighted by Gasteiger charge is -2.26. The van der Waals surface area contributed by atoms with Crippen LogP contribution in [0.1, 0.15) is 22.8 Å². The third-order valence-corrected chi connectivity index (χ3v) is 3.25. The van der Waals surface area contributed by atoms with Crippen molar-refractivity contribution in [1.82, 2.24) is 5.32 Å². The fourth-order valence-electron chi connectivity index (χ4n) is 1.97. The van der Waals surface area contributed by atoms with E-state index in [2.05, 4.69) is 5.32 Å². The van der Waals surface area contributed by atoms with Gasteiger partial charge in [-0.05, 0) is 30.7 Å². The van der Waals surface area contributed by atoms with Gasteiger partial charge in [-0.3, -0.25) is 4.79 Å². The number of hydrogen-bond acceptors (Lipinski definition) is 3. The summed E-state index contributed by atoms with van der Waals surface area (Å²) in [6, 6.07) is 14.2. The molecule has 0 bridgehead atoms. The standard InChI is InChI=1S/C16H15NO4/c1-16(15(20)21,12-7-3-2-4-8-12)17-14(19)11-6-5-9-13(18)10-11/h2-10,18H,1H3,(H,17,19)(H,20,21). The highest BCUT2D eigenvalue weighted by Crippen LogP contribution is 2.22. The van der Waals surface area contributed by atoms with Crippen molar-refractivity contribution < 1.29 is 19.8 Å². The number of aromatic hydroxyl groups is 1. The van der Waals surface area contributed by atoms with E-state index < -0.39 is 17.4 Å². The number of nitrogens with one attached hydrogen (secondary N) is 1. The average molecular weight is 285 g/mol. The van der Waals surface area contributed by atoms with E-state index in [4.69, 9.17) is 0 Å². The Labute approximate surface area is 121 Å². The highest BCUT2D eigenvalue weighted by Gasteiger charge is 2.37. The first-order valence-electron chi connectivity index (χ1n) is 6.34. The molecule has 2 aromatic rings. The molecule has 21 heavy (non-hydrogen) atoms. The number of aliphatic carboxylic acids is 1. The van der Waals surface area contributed by atoms with Crippen molar-refractivity contribution in [2.45, 2.75) is 12.5 Å². The number of carboxylic acid groups (broad SMARTS) is 1. The minimum absolute atomic E-state index is 0.0561. The summed E-state index contributed by atoms with van der Waals surface area (Å²) in [4.78, 5) is 23.8. The first-order chi connectivity index (χ1) is 9.93. The maximum Gasteiger partial charge on any atom is 0.333 e.